The van der Waals surface area contributed by atoms with Gasteiger partial charge in [0.2, 0.25) is 0 Å². The third kappa shape index (κ3) is 1.73. The molecule has 0 aliphatic heterocycles. The number of benzene rings is 1. The van der Waals surface area contributed by atoms with E-state index in [4.69, 9.17) is 0 Å². The van der Waals surface area contributed by atoms with Gasteiger partial charge in [-0.05, 0) is 25.3 Å². The van der Waals surface area contributed by atoms with Gasteiger partial charge >= 0.3 is 0 Å². The van der Waals surface area contributed by atoms with E-state index in [1.807, 2.05) is 25.1 Å². The first-order valence-electron chi connectivity index (χ1n) is 5.03. The Morgan fingerprint density at radius 1 is 1.36 bits per heavy atom. The van der Waals surface area contributed by atoms with Crippen LogP contribution in [0.2, 0.25) is 0 Å². The van der Waals surface area contributed by atoms with Gasteiger partial charge in [0.1, 0.15) is 0 Å². The van der Waals surface area contributed by atoms with Gasteiger partial charge in [-0.1, -0.05) is 42.5 Å². The van der Waals surface area contributed by atoms with Crippen molar-refractivity contribution in [2.75, 3.05) is 0 Å². The topological polar surface area (TPSA) is 20.2 Å². The summed E-state index contributed by atoms with van der Waals surface area (Å²) in [5.41, 5.74) is 1.87. The molecule has 1 N–H and O–H groups in total. The average molecular weight is 188 g/mol. The molecule has 1 aromatic carbocycles. The van der Waals surface area contributed by atoms with E-state index in [-0.39, 0.29) is 0 Å². The second-order valence-electron chi connectivity index (χ2n) is 4.50. The molecule has 0 unspecified atom stereocenters. The van der Waals surface area contributed by atoms with Crippen molar-refractivity contribution in [3.8, 4) is 0 Å². The standard InChI is InChI=1S/C13H16O/c1-10-8-13(2,14)9-12(10)11-6-4-3-5-7-11/h3-7,12,14H,1,8-9H2,2H3/t12-,13-/m1/s1. The van der Waals surface area contributed by atoms with E-state index in [0.29, 0.717) is 5.92 Å². The van der Waals surface area contributed by atoms with Crippen molar-refractivity contribution in [2.45, 2.75) is 31.3 Å². The Morgan fingerprint density at radius 3 is 2.50 bits per heavy atom. The van der Waals surface area contributed by atoms with Crippen LogP contribution >= 0.6 is 0 Å². The minimum absolute atomic E-state index is 0.339. The summed E-state index contributed by atoms with van der Waals surface area (Å²) in [4.78, 5) is 0. The fourth-order valence-corrected chi connectivity index (χ4v) is 2.31. The Labute approximate surface area is 85.1 Å². The minimum atomic E-state index is -0.558. The van der Waals surface area contributed by atoms with Crippen LogP contribution in [0.15, 0.2) is 42.5 Å². The second kappa shape index (κ2) is 3.25. The SMILES string of the molecule is C=C1C[C@@](C)(O)C[C@H]1c1ccccc1. The lowest BCUT2D eigenvalue weighted by Gasteiger charge is -2.15. The lowest BCUT2D eigenvalue weighted by Crippen LogP contribution is -2.18. The van der Waals surface area contributed by atoms with E-state index in [1.54, 1.807) is 0 Å². The van der Waals surface area contributed by atoms with Gasteiger partial charge in [0, 0.05) is 5.92 Å². The van der Waals surface area contributed by atoms with Gasteiger partial charge in [-0.2, -0.15) is 0 Å². The molecule has 0 heterocycles. The first kappa shape index (κ1) is 9.47. The number of rotatable bonds is 1. The van der Waals surface area contributed by atoms with Crippen molar-refractivity contribution in [3.63, 3.8) is 0 Å². The van der Waals surface area contributed by atoms with Gasteiger partial charge in [0.15, 0.2) is 0 Å². The second-order valence-corrected chi connectivity index (χ2v) is 4.50. The van der Waals surface area contributed by atoms with E-state index < -0.39 is 5.60 Å². The third-order valence-corrected chi connectivity index (χ3v) is 2.95. The molecular formula is C13H16O. The molecule has 0 aromatic heterocycles. The van der Waals surface area contributed by atoms with Gasteiger partial charge in [0.25, 0.3) is 0 Å². The zero-order valence-corrected chi connectivity index (χ0v) is 8.53. The summed E-state index contributed by atoms with van der Waals surface area (Å²) in [5.74, 6) is 0.339. The van der Waals surface area contributed by atoms with Crippen molar-refractivity contribution < 1.29 is 5.11 Å². The summed E-state index contributed by atoms with van der Waals surface area (Å²) in [6.07, 6.45) is 1.53. The molecule has 2 atom stereocenters. The average Bonchev–Trinajstić information content (AvgIpc) is 2.41. The molecule has 0 amide bonds. The van der Waals surface area contributed by atoms with Crippen molar-refractivity contribution in [1.29, 1.82) is 0 Å². The predicted molar refractivity (Wildman–Crippen MR) is 58.2 cm³/mol. The van der Waals surface area contributed by atoms with Gasteiger partial charge in [0.05, 0.1) is 5.60 Å². The summed E-state index contributed by atoms with van der Waals surface area (Å²) in [6.45, 7) is 5.94. The summed E-state index contributed by atoms with van der Waals surface area (Å²) in [6, 6.07) is 10.3. The Hall–Kier alpha value is -1.08. The molecule has 1 saturated carbocycles. The summed E-state index contributed by atoms with van der Waals surface area (Å²) in [7, 11) is 0. The van der Waals surface area contributed by atoms with Gasteiger partial charge in [-0.15, -0.1) is 0 Å². The maximum Gasteiger partial charge on any atom is 0.0665 e. The van der Waals surface area contributed by atoms with Crippen molar-refractivity contribution in [2.24, 2.45) is 0 Å². The fraction of sp³-hybridized carbons (Fsp3) is 0.385. The van der Waals surface area contributed by atoms with Crippen molar-refractivity contribution in [1.82, 2.24) is 0 Å². The van der Waals surface area contributed by atoms with E-state index in [1.165, 1.54) is 5.56 Å². The Morgan fingerprint density at radius 2 is 2.00 bits per heavy atom. The summed E-state index contributed by atoms with van der Waals surface area (Å²) >= 11 is 0. The smallest absolute Gasteiger partial charge is 0.0665 e. The van der Waals surface area contributed by atoms with Crippen molar-refractivity contribution in [3.05, 3.63) is 48.0 Å². The predicted octanol–water partition coefficient (Wildman–Crippen LogP) is 2.87. The van der Waals surface area contributed by atoms with Crippen LogP contribution < -0.4 is 0 Å². The van der Waals surface area contributed by atoms with Crippen LogP contribution in [-0.2, 0) is 0 Å². The molecule has 0 bridgehead atoms. The van der Waals surface area contributed by atoms with Crippen LogP contribution in [0.4, 0.5) is 0 Å². The molecule has 1 nitrogen and oxygen atoms in total. The lowest BCUT2D eigenvalue weighted by atomic mass is 9.94. The molecule has 1 aliphatic rings. The fourth-order valence-electron chi connectivity index (χ4n) is 2.31. The molecule has 2 rings (SSSR count). The molecule has 0 radical (unpaired) electrons. The summed E-state index contributed by atoms with van der Waals surface area (Å²) < 4.78 is 0. The Bertz CT molecular complexity index is 338. The van der Waals surface area contributed by atoms with Gasteiger partial charge in [-0.3, -0.25) is 0 Å². The largest absolute Gasteiger partial charge is 0.390 e. The number of hydrogen-bond acceptors (Lipinski definition) is 1. The quantitative estimate of drug-likeness (QED) is 0.672. The molecule has 14 heavy (non-hydrogen) atoms. The number of hydrogen-bond donors (Lipinski definition) is 1. The van der Waals surface area contributed by atoms with E-state index >= 15 is 0 Å². The molecule has 1 aliphatic carbocycles. The van der Waals surface area contributed by atoms with Gasteiger partial charge in [-0.25, -0.2) is 0 Å². The molecule has 1 heteroatoms. The van der Waals surface area contributed by atoms with Crippen LogP contribution in [0.3, 0.4) is 0 Å². The third-order valence-electron chi connectivity index (χ3n) is 2.95. The van der Waals surface area contributed by atoms with Crippen LogP contribution in [0, 0.1) is 0 Å². The molecule has 1 fully saturated rings. The number of aliphatic hydroxyl groups is 1. The van der Waals surface area contributed by atoms with E-state index in [0.717, 1.165) is 18.4 Å². The van der Waals surface area contributed by atoms with Crippen LogP contribution in [0.25, 0.3) is 0 Å². The van der Waals surface area contributed by atoms with Crippen LogP contribution in [0.1, 0.15) is 31.2 Å². The van der Waals surface area contributed by atoms with Crippen LogP contribution in [0.5, 0.6) is 0 Å². The van der Waals surface area contributed by atoms with Gasteiger partial charge < -0.3 is 5.11 Å². The minimum Gasteiger partial charge on any atom is -0.390 e. The maximum atomic E-state index is 9.94. The lowest BCUT2D eigenvalue weighted by molar-refractivity contribution is 0.0689. The van der Waals surface area contributed by atoms with E-state index in [9.17, 15) is 5.11 Å². The molecule has 74 valence electrons. The van der Waals surface area contributed by atoms with E-state index in [2.05, 4.69) is 18.7 Å². The monoisotopic (exact) mass is 188 g/mol. The Kier molecular flexibility index (Phi) is 2.20. The Balaban J connectivity index is 2.26. The normalized spacial score (nSPS) is 32.1. The highest BCUT2D eigenvalue weighted by atomic mass is 16.3. The zero-order valence-electron chi connectivity index (χ0n) is 8.53. The molecule has 0 saturated heterocycles. The highest BCUT2D eigenvalue weighted by Gasteiger charge is 2.36. The van der Waals surface area contributed by atoms with Crippen LogP contribution in [-0.4, -0.2) is 10.7 Å². The highest BCUT2D eigenvalue weighted by molar-refractivity contribution is 5.32. The highest BCUT2D eigenvalue weighted by Crippen LogP contribution is 2.43. The first-order valence-corrected chi connectivity index (χ1v) is 5.03. The molecule has 0 spiro atoms. The zero-order chi connectivity index (χ0) is 10.2. The maximum absolute atomic E-state index is 9.94. The molecule has 1 aromatic rings. The van der Waals surface area contributed by atoms with Crippen molar-refractivity contribution >= 4 is 0 Å². The molecular weight excluding hydrogens is 172 g/mol. The first-order chi connectivity index (χ1) is 6.58. The summed E-state index contributed by atoms with van der Waals surface area (Å²) in [5, 5.41) is 9.94.